The number of hydrogen-bond acceptors (Lipinski definition) is 6. The lowest BCUT2D eigenvalue weighted by Crippen LogP contribution is -2.25. The van der Waals surface area contributed by atoms with Crippen LogP contribution in [0.4, 0.5) is 0 Å². The van der Waals surface area contributed by atoms with Gasteiger partial charge in [0, 0.05) is 17.5 Å². The molecule has 1 unspecified atom stereocenters. The van der Waals surface area contributed by atoms with E-state index in [-0.39, 0.29) is 22.0 Å². The largest absolute Gasteiger partial charge is 0.619 e. The Labute approximate surface area is 194 Å². The lowest BCUT2D eigenvalue weighted by Gasteiger charge is -2.21. The van der Waals surface area contributed by atoms with Crippen molar-refractivity contribution in [1.82, 2.24) is 0 Å². The predicted molar refractivity (Wildman–Crippen MR) is 119 cm³/mol. The van der Waals surface area contributed by atoms with Gasteiger partial charge in [0.25, 0.3) is 0 Å². The van der Waals surface area contributed by atoms with Crippen LogP contribution in [-0.2, 0) is 11.2 Å². The fraction of sp³-hybridized carbons (Fsp3) is 0.174. The summed E-state index contributed by atoms with van der Waals surface area (Å²) in [5.41, 5.74) is 1.76. The van der Waals surface area contributed by atoms with Crippen LogP contribution in [0.3, 0.4) is 0 Å². The number of nitrogens with zero attached hydrogens (tertiary/aromatic N) is 1. The molecule has 0 amide bonds. The zero-order valence-corrected chi connectivity index (χ0v) is 18.7. The Bertz CT molecular complexity index is 1110. The monoisotopic (exact) mass is 475 g/mol. The van der Waals surface area contributed by atoms with Gasteiger partial charge in [0.2, 0.25) is 0 Å². The molecule has 0 aliphatic carbocycles. The fourth-order valence-corrected chi connectivity index (χ4v) is 3.69. The van der Waals surface area contributed by atoms with E-state index in [9.17, 15) is 14.8 Å². The van der Waals surface area contributed by atoms with E-state index < -0.39 is 12.1 Å². The molecule has 1 heterocycles. The first kappa shape index (κ1) is 23.4. The maximum Gasteiger partial charge on any atom is 0.338 e. The van der Waals surface area contributed by atoms with Gasteiger partial charge in [0.15, 0.2) is 23.9 Å². The van der Waals surface area contributed by atoms with Gasteiger partial charge in [-0.05, 0) is 29.8 Å². The highest BCUT2D eigenvalue weighted by Crippen LogP contribution is 2.35. The number of esters is 1. The van der Waals surface area contributed by atoms with E-state index in [1.165, 1.54) is 50.9 Å². The Balaban J connectivity index is 1.99. The number of benzene rings is 2. The Kier molecular flexibility index (Phi) is 7.56. The number of ether oxygens (including phenoxy) is 3. The zero-order chi connectivity index (χ0) is 23.3. The van der Waals surface area contributed by atoms with Crippen molar-refractivity contribution in [2.45, 2.75) is 12.5 Å². The highest BCUT2D eigenvalue weighted by atomic mass is 35.5. The quantitative estimate of drug-likeness (QED) is 0.204. The molecule has 0 aliphatic heterocycles. The summed E-state index contributed by atoms with van der Waals surface area (Å²) in [5.74, 6) is 0.349. The minimum atomic E-state index is -0.814. The lowest BCUT2D eigenvalue weighted by molar-refractivity contribution is -0.605. The minimum absolute atomic E-state index is 0.103. The molecule has 0 saturated heterocycles. The van der Waals surface area contributed by atoms with Crippen LogP contribution >= 0.6 is 23.2 Å². The van der Waals surface area contributed by atoms with Crippen molar-refractivity contribution in [3.63, 3.8) is 0 Å². The molecule has 0 radical (unpaired) electrons. The third kappa shape index (κ3) is 5.30. The molecular formula is C23H19Cl2NO6. The highest BCUT2D eigenvalue weighted by Gasteiger charge is 2.24. The molecule has 9 heteroatoms. The number of rotatable bonds is 8. The fourth-order valence-electron chi connectivity index (χ4n) is 3.09. The molecule has 1 atom stereocenters. The summed E-state index contributed by atoms with van der Waals surface area (Å²) in [6, 6.07) is 11.1. The normalized spacial score (nSPS) is 11.5. The van der Waals surface area contributed by atoms with Crippen LogP contribution in [-0.4, -0.2) is 26.5 Å². The second kappa shape index (κ2) is 10.3. The van der Waals surface area contributed by atoms with E-state index in [0.717, 1.165) is 0 Å². The summed E-state index contributed by atoms with van der Waals surface area (Å²) < 4.78 is 16.9. The number of carbonyl (C=O) groups is 2. The number of carbonyl (C=O) groups excluding carboxylic acids is 2. The summed E-state index contributed by atoms with van der Waals surface area (Å²) in [7, 11) is 3.01. The molecule has 0 fully saturated rings. The first-order chi connectivity index (χ1) is 15.4. The second-order valence-corrected chi connectivity index (χ2v) is 7.56. The average molecular weight is 476 g/mol. The van der Waals surface area contributed by atoms with Crippen molar-refractivity contribution in [2.24, 2.45) is 0 Å². The van der Waals surface area contributed by atoms with Gasteiger partial charge in [-0.25, -0.2) is 4.79 Å². The molecule has 3 aromatic rings. The van der Waals surface area contributed by atoms with Crippen LogP contribution in [0.2, 0.25) is 10.0 Å². The molecule has 1 aromatic heterocycles. The van der Waals surface area contributed by atoms with Crippen molar-refractivity contribution < 1.29 is 28.5 Å². The van der Waals surface area contributed by atoms with Crippen LogP contribution in [0.15, 0.2) is 54.9 Å². The van der Waals surface area contributed by atoms with Gasteiger partial charge in [-0.15, -0.1) is 0 Å². The Hall–Kier alpha value is -3.29. The molecule has 0 aliphatic rings. The van der Waals surface area contributed by atoms with Crippen molar-refractivity contribution in [1.29, 1.82) is 0 Å². The maximum atomic E-state index is 12.8. The SMILES string of the molecule is COc1ccc(C(Cc2c(Cl)c[n+]([O-])cc2Cl)OC(=O)c2ccc(C=O)cc2)cc1OC. The van der Waals surface area contributed by atoms with Crippen LogP contribution in [0.25, 0.3) is 0 Å². The Morgan fingerprint density at radius 2 is 1.66 bits per heavy atom. The van der Waals surface area contributed by atoms with Gasteiger partial charge < -0.3 is 19.4 Å². The van der Waals surface area contributed by atoms with E-state index in [2.05, 4.69) is 0 Å². The molecular weight excluding hydrogens is 457 g/mol. The molecule has 0 saturated carbocycles. The third-order valence-corrected chi connectivity index (χ3v) is 5.41. The van der Waals surface area contributed by atoms with E-state index in [4.69, 9.17) is 37.4 Å². The first-order valence-corrected chi connectivity index (χ1v) is 10.2. The van der Waals surface area contributed by atoms with Gasteiger partial charge in [0.05, 0.1) is 19.8 Å². The first-order valence-electron chi connectivity index (χ1n) is 9.41. The number of aldehydes is 1. The molecule has 0 bridgehead atoms. The van der Waals surface area contributed by atoms with Crippen molar-refractivity contribution in [2.75, 3.05) is 14.2 Å². The molecule has 2 aromatic carbocycles. The second-order valence-electron chi connectivity index (χ2n) is 6.74. The van der Waals surface area contributed by atoms with Crippen molar-refractivity contribution >= 4 is 35.5 Å². The molecule has 7 nitrogen and oxygen atoms in total. The average Bonchev–Trinajstić information content (AvgIpc) is 2.79. The Morgan fingerprint density at radius 3 is 2.22 bits per heavy atom. The van der Waals surface area contributed by atoms with E-state index >= 15 is 0 Å². The van der Waals surface area contributed by atoms with Gasteiger partial charge in [-0.2, -0.15) is 4.73 Å². The Morgan fingerprint density at radius 1 is 1.03 bits per heavy atom. The summed E-state index contributed by atoms with van der Waals surface area (Å²) >= 11 is 12.5. The van der Waals surface area contributed by atoms with E-state index in [1.54, 1.807) is 18.2 Å². The van der Waals surface area contributed by atoms with Gasteiger partial charge in [-0.1, -0.05) is 41.4 Å². The highest BCUT2D eigenvalue weighted by molar-refractivity contribution is 6.35. The minimum Gasteiger partial charge on any atom is -0.619 e. The summed E-state index contributed by atoms with van der Waals surface area (Å²) in [6.45, 7) is 0. The molecule has 3 rings (SSSR count). The number of methoxy groups -OCH3 is 2. The number of halogens is 2. The van der Waals surface area contributed by atoms with Crippen molar-refractivity contribution in [3.8, 4) is 11.5 Å². The van der Waals surface area contributed by atoms with Crippen LogP contribution in [0.1, 0.15) is 37.9 Å². The van der Waals surface area contributed by atoms with Crippen LogP contribution in [0.5, 0.6) is 11.5 Å². The topological polar surface area (TPSA) is 88.8 Å². The van der Waals surface area contributed by atoms with Gasteiger partial charge >= 0.3 is 5.97 Å². The van der Waals surface area contributed by atoms with Gasteiger partial charge in [-0.3, -0.25) is 4.79 Å². The number of aromatic nitrogens is 1. The molecule has 32 heavy (non-hydrogen) atoms. The van der Waals surface area contributed by atoms with Crippen molar-refractivity contribution in [3.05, 3.63) is 92.4 Å². The van der Waals surface area contributed by atoms with Gasteiger partial charge in [0.1, 0.15) is 22.4 Å². The van der Waals surface area contributed by atoms with Crippen LogP contribution in [0, 0.1) is 5.21 Å². The number of pyridine rings is 1. The van der Waals surface area contributed by atoms with Crippen LogP contribution < -0.4 is 14.2 Å². The number of hydrogen-bond donors (Lipinski definition) is 0. The predicted octanol–water partition coefficient (Wildman–Crippen LogP) is 4.60. The third-order valence-electron chi connectivity index (χ3n) is 4.76. The molecule has 166 valence electrons. The standard InChI is InChI=1S/C23H19Cl2NO6/c1-30-20-8-7-16(9-22(20)31-2)21(10-17-18(24)11-26(29)12-19(17)25)32-23(28)15-5-3-14(13-27)4-6-15/h3-9,11-13,21H,10H2,1-2H3. The zero-order valence-electron chi connectivity index (χ0n) is 17.2. The summed E-state index contributed by atoms with van der Waals surface area (Å²) in [6.07, 6.45) is 2.32. The summed E-state index contributed by atoms with van der Waals surface area (Å²) in [5, 5.41) is 11.9. The lowest BCUT2D eigenvalue weighted by atomic mass is 10.0. The maximum absolute atomic E-state index is 12.8. The van der Waals surface area contributed by atoms with E-state index in [1.807, 2.05) is 0 Å². The summed E-state index contributed by atoms with van der Waals surface area (Å²) in [4.78, 5) is 23.7. The molecule has 0 N–H and O–H groups in total. The van der Waals surface area contributed by atoms with E-state index in [0.29, 0.717) is 39.2 Å². The molecule has 0 spiro atoms. The smallest absolute Gasteiger partial charge is 0.338 e.